The van der Waals surface area contributed by atoms with Crippen LogP contribution in [0.2, 0.25) is 0 Å². The standard InChI is InChI=1S/C11H14O3S/c1-2-9-3-5-10(6-4-9)7-15(14)8-11(12)13/h3-6H,2,7-8H2,1H3,(H,12,13). The Morgan fingerprint density at radius 1 is 1.27 bits per heavy atom. The molecule has 0 bridgehead atoms. The summed E-state index contributed by atoms with van der Waals surface area (Å²) in [5.74, 6) is -0.982. The van der Waals surface area contributed by atoms with Crippen molar-refractivity contribution in [3.63, 3.8) is 0 Å². The Bertz CT molecular complexity index is 357. The third-order valence-corrected chi connectivity index (χ3v) is 3.27. The summed E-state index contributed by atoms with van der Waals surface area (Å²) in [6.45, 7) is 2.07. The summed E-state index contributed by atoms with van der Waals surface area (Å²) < 4.78 is 11.3. The second kappa shape index (κ2) is 5.66. The first kappa shape index (κ1) is 11.9. The predicted octanol–water partition coefficient (Wildman–Crippen LogP) is 1.58. The van der Waals surface area contributed by atoms with Gasteiger partial charge in [-0.1, -0.05) is 31.2 Å². The minimum atomic E-state index is -1.31. The van der Waals surface area contributed by atoms with Gasteiger partial charge in [0.25, 0.3) is 0 Å². The molecule has 0 spiro atoms. The molecular weight excluding hydrogens is 212 g/mol. The Kier molecular flexibility index (Phi) is 4.49. The van der Waals surface area contributed by atoms with E-state index in [1.165, 1.54) is 5.56 Å². The Morgan fingerprint density at radius 2 is 1.80 bits per heavy atom. The zero-order valence-electron chi connectivity index (χ0n) is 8.60. The van der Waals surface area contributed by atoms with Crippen molar-refractivity contribution in [2.75, 3.05) is 5.75 Å². The van der Waals surface area contributed by atoms with E-state index in [0.29, 0.717) is 5.75 Å². The molecule has 0 aromatic heterocycles. The third kappa shape index (κ3) is 4.25. The van der Waals surface area contributed by atoms with Gasteiger partial charge in [-0.2, -0.15) is 0 Å². The molecule has 0 saturated carbocycles. The van der Waals surface area contributed by atoms with Gasteiger partial charge in [0.05, 0.1) is 0 Å². The highest BCUT2D eigenvalue weighted by molar-refractivity contribution is 7.84. The molecule has 1 atom stereocenters. The molecule has 0 aliphatic heterocycles. The minimum absolute atomic E-state index is 0.282. The number of aryl methyl sites for hydroxylation is 1. The summed E-state index contributed by atoms with van der Waals surface area (Å²) >= 11 is 0. The summed E-state index contributed by atoms with van der Waals surface area (Å²) in [4.78, 5) is 10.3. The van der Waals surface area contributed by atoms with Crippen LogP contribution in [0.25, 0.3) is 0 Å². The SMILES string of the molecule is CCc1ccc(CS(=O)CC(=O)O)cc1. The van der Waals surface area contributed by atoms with E-state index in [9.17, 15) is 9.00 Å². The molecule has 0 fully saturated rings. The first-order chi connectivity index (χ1) is 7.11. The van der Waals surface area contributed by atoms with Crippen molar-refractivity contribution in [3.05, 3.63) is 35.4 Å². The Labute approximate surface area is 91.6 Å². The molecule has 4 heteroatoms. The number of hydrogen-bond donors (Lipinski definition) is 1. The van der Waals surface area contributed by atoms with E-state index in [-0.39, 0.29) is 5.75 Å². The van der Waals surface area contributed by atoms with E-state index in [4.69, 9.17) is 5.11 Å². The summed E-state index contributed by atoms with van der Waals surface area (Å²) in [7, 11) is -1.31. The molecule has 0 aliphatic rings. The second-order valence-corrected chi connectivity index (χ2v) is 4.75. The maximum atomic E-state index is 11.3. The van der Waals surface area contributed by atoms with Gasteiger partial charge in [0.2, 0.25) is 0 Å². The molecule has 1 aromatic carbocycles. The van der Waals surface area contributed by atoms with Crippen LogP contribution in [0, 0.1) is 0 Å². The highest BCUT2D eigenvalue weighted by atomic mass is 32.2. The third-order valence-electron chi connectivity index (χ3n) is 2.04. The van der Waals surface area contributed by atoms with Crippen molar-refractivity contribution in [1.82, 2.24) is 0 Å². The van der Waals surface area contributed by atoms with Gasteiger partial charge in [0.1, 0.15) is 5.75 Å². The van der Waals surface area contributed by atoms with Gasteiger partial charge < -0.3 is 5.11 Å². The topological polar surface area (TPSA) is 54.4 Å². The molecule has 1 N–H and O–H groups in total. The molecule has 0 saturated heterocycles. The van der Waals surface area contributed by atoms with Crippen LogP contribution in [0.4, 0.5) is 0 Å². The molecule has 15 heavy (non-hydrogen) atoms. The zero-order chi connectivity index (χ0) is 11.3. The highest BCUT2D eigenvalue weighted by Gasteiger charge is 2.06. The molecule has 0 radical (unpaired) electrons. The first-order valence-electron chi connectivity index (χ1n) is 4.76. The number of hydrogen-bond acceptors (Lipinski definition) is 2. The fraction of sp³-hybridized carbons (Fsp3) is 0.364. The predicted molar refractivity (Wildman–Crippen MR) is 60.2 cm³/mol. The van der Waals surface area contributed by atoms with E-state index < -0.39 is 16.8 Å². The Balaban J connectivity index is 2.57. The summed E-state index contributed by atoms with van der Waals surface area (Å²) in [6.07, 6.45) is 0.971. The van der Waals surface area contributed by atoms with Crippen molar-refractivity contribution in [2.24, 2.45) is 0 Å². The van der Waals surface area contributed by atoms with E-state index >= 15 is 0 Å². The number of carboxylic acid groups (broad SMARTS) is 1. The van der Waals surface area contributed by atoms with Crippen LogP contribution in [-0.4, -0.2) is 21.0 Å². The molecule has 0 amide bonds. The fourth-order valence-electron chi connectivity index (χ4n) is 1.25. The van der Waals surface area contributed by atoms with Gasteiger partial charge in [-0.05, 0) is 17.5 Å². The van der Waals surface area contributed by atoms with E-state index in [1.54, 1.807) is 0 Å². The lowest BCUT2D eigenvalue weighted by atomic mass is 10.1. The van der Waals surface area contributed by atoms with Gasteiger partial charge >= 0.3 is 5.97 Å². The highest BCUT2D eigenvalue weighted by Crippen LogP contribution is 2.07. The smallest absolute Gasteiger partial charge is 0.316 e. The lowest BCUT2D eigenvalue weighted by Crippen LogP contribution is -2.10. The molecule has 1 rings (SSSR count). The second-order valence-electron chi connectivity index (χ2n) is 3.29. The molecule has 0 aliphatic carbocycles. The van der Waals surface area contributed by atoms with Crippen LogP contribution < -0.4 is 0 Å². The van der Waals surface area contributed by atoms with Gasteiger partial charge in [-0.15, -0.1) is 0 Å². The quantitative estimate of drug-likeness (QED) is 0.829. The number of carboxylic acids is 1. The van der Waals surface area contributed by atoms with Crippen molar-refractivity contribution in [1.29, 1.82) is 0 Å². The monoisotopic (exact) mass is 226 g/mol. The number of rotatable bonds is 5. The molecule has 1 unspecified atom stereocenters. The van der Waals surface area contributed by atoms with Crippen LogP contribution >= 0.6 is 0 Å². The molecular formula is C11H14O3S. The normalized spacial score (nSPS) is 12.3. The fourth-order valence-corrected chi connectivity index (χ4v) is 2.19. The van der Waals surface area contributed by atoms with Crippen LogP contribution in [0.3, 0.4) is 0 Å². The van der Waals surface area contributed by atoms with E-state index in [0.717, 1.165) is 12.0 Å². The van der Waals surface area contributed by atoms with E-state index in [2.05, 4.69) is 6.92 Å². The molecule has 0 heterocycles. The summed E-state index contributed by atoms with van der Waals surface area (Å²) in [5, 5.41) is 8.45. The minimum Gasteiger partial charge on any atom is -0.481 e. The summed E-state index contributed by atoms with van der Waals surface area (Å²) in [6, 6.07) is 7.76. The average molecular weight is 226 g/mol. The average Bonchev–Trinajstić information content (AvgIpc) is 2.17. The van der Waals surface area contributed by atoms with E-state index in [1.807, 2.05) is 24.3 Å². The molecule has 1 aromatic rings. The van der Waals surface area contributed by atoms with Crippen LogP contribution in [0.15, 0.2) is 24.3 Å². The van der Waals surface area contributed by atoms with Gasteiger partial charge in [-0.25, -0.2) is 0 Å². The summed E-state index contributed by atoms with van der Waals surface area (Å²) in [5.41, 5.74) is 2.15. The van der Waals surface area contributed by atoms with Crippen LogP contribution in [0.5, 0.6) is 0 Å². The van der Waals surface area contributed by atoms with Gasteiger partial charge in [0.15, 0.2) is 0 Å². The van der Waals surface area contributed by atoms with Crippen LogP contribution in [-0.2, 0) is 27.8 Å². The first-order valence-corrected chi connectivity index (χ1v) is 6.25. The van der Waals surface area contributed by atoms with Crippen molar-refractivity contribution in [2.45, 2.75) is 19.1 Å². The van der Waals surface area contributed by atoms with Crippen molar-refractivity contribution < 1.29 is 14.1 Å². The van der Waals surface area contributed by atoms with Crippen LogP contribution in [0.1, 0.15) is 18.1 Å². The Hall–Kier alpha value is -1.16. The Morgan fingerprint density at radius 3 is 2.27 bits per heavy atom. The lowest BCUT2D eigenvalue weighted by molar-refractivity contribution is -0.133. The maximum Gasteiger partial charge on any atom is 0.316 e. The number of aliphatic carboxylic acids is 1. The van der Waals surface area contributed by atoms with Crippen molar-refractivity contribution >= 4 is 16.8 Å². The lowest BCUT2D eigenvalue weighted by Gasteiger charge is -2.01. The van der Waals surface area contributed by atoms with Gasteiger partial charge in [0, 0.05) is 16.6 Å². The maximum absolute atomic E-state index is 11.3. The number of carbonyl (C=O) groups is 1. The molecule has 3 nitrogen and oxygen atoms in total. The van der Waals surface area contributed by atoms with Gasteiger partial charge in [-0.3, -0.25) is 9.00 Å². The zero-order valence-corrected chi connectivity index (χ0v) is 9.42. The molecule has 82 valence electrons. The van der Waals surface area contributed by atoms with Crippen molar-refractivity contribution in [3.8, 4) is 0 Å². The number of benzene rings is 1. The largest absolute Gasteiger partial charge is 0.481 e.